The van der Waals surface area contributed by atoms with Crippen LogP contribution in [0.4, 0.5) is 49.6 Å². The molecule has 0 aromatic heterocycles. The number of carbonyl (C=O) groups is 1. The van der Waals surface area contributed by atoms with Crippen LogP contribution >= 0.6 is 0 Å². The van der Waals surface area contributed by atoms with Gasteiger partial charge < -0.3 is 5.32 Å². The molecule has 0 aliphatic carbocycles. The van der Waals surface area contributed by atoms with Gasteiger partial charge in [0, 0.05) is 5.69 Å². The third-order valence-electron chi connectivity index (χ3n) is 2.54. The molecule has 1 aromatic rings. The van der Waals surface area contributed by atoms with Gasteiger partial charge in [0.25, 0.3) is 5.91 Å². The molecule has 23 heavy (non-hydrogen) atoms. The van der Waals surface area contributed by atoms with Crippen molar-refractivity contribution in [3.63, 3.8) is 0 Å². The van der Waals surface area contributed by atoms with E-state index in [4.69, 9.17) is 0 Å². The predicted octanol–water partition coefficient (Wildman–Crippen LogP) is 4.48. The smallest absolute Gasteiger partial charge is 0.323 e. The number of rotatable bonds is 2. The Balaban J connectivity index is 3.20. The van der Waals surface area contributed by atoms with E-state index in [9.17, 15) is 48.7 Å². The van der Waals surface area contributed by atoms with E-state index in [-0.39, 0.29) is 6.07 Å². The largest absolute Gasteiger partial charge is 0.441 e. The zero-order valence-electron chi connectivity index (χ0n) is 10.5. The van der Waals surface area contributed by atoms with Gasteiger partial charge in [0.2, 0.25) is 0 Å². The molecule has 0 spiro atoms. The van der Waals surface area contributed by atoms with Gasteiger partial charge in [-0.25, -0.2) is 4.39 Å². The van der Waals surface area contributed by atoms with Crippen LogP contribution in [-0.2, 0) is 11.0 Å². The molecule has 0 fully saturated rings. The zero-order chi connectivity index (χ0) is 18.3. The van der Waals surface area contributed by atoms with Crippen LogP contribution in [0.1, 0.15) is 5.56 Å². The van der Waals surface area contributed by atoms with Crippen molar-refractivity contribution in [3.05, 3.63) is 29.8 Å². The number of nitrogens with one attached hydrogen (secondary N) is 1. The van der Waals surface area contributed by atoms with Crippen LogP contribution in [0.5, 0.6) is 0 Å². The third-order valence-corrected chi connectivity index (χ3v) is 2.54. The summed E-state index contributed by atoms with van der Waals surface area (Å²) >= 11 is 0. The molecule has 0 unspecified atom stereocenters. The Morgan fingerprint density at radius 3 is 1.70 bits per heavy atom. The van der Waals surface area contributed by atoms with Crippen LogP contribution in [0.2, 0.25) is 0 Å². The summed E-state index contributed by atoms with van der Waals surface area (Å²) in [6, 6.07) is 1.69. The second-order valence-electron chi connectivity index (χ2n) is 4.19. The number of amides is 1. The molecule has 130 valence electrons. The van der Waals surface area contributed by atoms with Crippen LogP contribution in [0.3, 0.4) is 0 Å². The topological polar surface area (TPSA) is 29.1 Å². The van der Waals surface area contributed by atoms with Gasteiger partial charge in [-0.05, 0) is 18.2 Å². The monoisotopic (exact) mass is 357 g/mol. The Labute approximate surface area is 121 Å². The fourth-order valence-electron chi connectivity index (χ4n) is 1.41. The van der Waals surface area contributed by atoms with Gasteiger partial charge in [-0.3, -0.25) is 4.79 Å². The highest BCUT2D eigenvalue weighted by atomic mass is 19.4. The van der Waals surface area contributed by atoms with E-state index >= 15 is 0 Å². The lowest BCUT2D eigenvalue weighted by atomic mass is 10.0. The van der Waals surface area contributed by atoms with E-state index in [0.717, 1.165) is 5.32 Å². The van der Waals surface area contributed by atoms with E-state index in [1.807, 2.05) is 0 Å². The summed E-state index contributed by atoms with van der Waals surface area (Å²) in [5.41, 5.74) is -8.81. The molecule has 0 aliphatic heterocycles. The third kappa shape index (κ3) is 3.67. The molecule has 1 N–H and O–H groups in total. The van der Waals surface area contributed by atoms with Crippen molar-refractivity contribution < 1.29 is 48.7 Å². The summed E-state index contributed by atoms with van der Waals surface area (Å²) in [6.07, 6.45) is -18.3. The van der Waals surface area contributed by atoms with Crippen molar-refractivity contribution in [3.8, 4) is 0 Å². The van der Waals surface area contributed by atoms with E-state index in [1.54, 1.807) is 0 Å². The molecule has 0 saturated heterocycles. The lowest BCUT2D eigenvalue weighted by Crippen LogP contribution is -2.60. The van der Waals surface area contributed by atoms with Crippen LogP contribution in [0.25, 0.3) is 0 Å². The van der Waals surface area contributed by atoms with Crippen LogP contribution < -0.4 is 5.32 Å². The SMILES string of the molecule is O=C(Nc1cccc(C(F)(F)F)c1)C(F)(C(F)(F)F)C(F)(F)F. The molecule has 1 rings (SSSR count). The molecule has 0 saturated carbocycles. The number of hydrogen-bond acceptors (Lipinski definition) is 1. The molecule has 2 nitrogen and oxygen atoms in total. The minimum absolute atomic E-state index is 0.0606. The second-order valence-corrected chi connectivity index (χ2v) is 4.19. The molecular formula is C11H5F10NO. The molecule has 1 amide bonds. The summed E-state index contributed by atoms with van der Waals surface area (Å²) in [5.74, 6) is -3.20. The number of alkyl halides is 10. The van der Waals surface area contributed by atoms with E-state index in [0.29, 0.717) is 18.2 Å². The molecular weight excluding hydrogens is 352 g/mol. The zero-order valence-corrected chi connectivity index (χ0v) is 10.5. The highest BCUT2D eigenvalue weighted by Gasteiger charge is 2.77. The maximum absolute atomic E-state index is 13.3. The van der Waals surface area contributed by atoms with E-state index < -0.39 is 41.4 Å². The van der Waals surface area contributed by atoms with Crippen molar-refractivity contribution in [2.24, 2.45) is 0 Å². The molecule has 0 bridgehead atoms. The summed E-state index contributed by atoms with van der Waals surface area (Å²) in [4.78, 5) is 11.1. The normalized spacial score (nSPS) is 13.8. The van der Waals surface area contributed by atoms with Gasteiger partial charge in [-0.1, -0.05) is 6.07 Å². The Morgan fingerprint density at radius 1 is 0.826 bits per heavy atom. The highest BCUT2D eigenvalue weighted by Crippen LogP contribution is 2.46. The number of carbonyl (C=O) groups excluding carboxylic acids is 1. The average molecular weight is 357 g/mol. The first-order chi connectivity index (χ1) is 10.1. The molecule has 0 radical (unpaired) electrons. The van der Waals surface area contributed by atoms with Crippen molar-refractivity contribution in [1.82, 2.24) is 0 Å². The van der Waals surface area contributed by atoms with Gasteiger partial charge in [0.1, 0.15) is 0 Å². The second kappa shape index (κ2) is 5.57. The first-order valence-corrected chi connectivity index (χ1v) is 5.42. The average Bonchev–Trinajstić information content (AvgIpc) is 2.34. The Hall–Kier alpha value is -2.01. The van der Waals surface area contributed by atoms with Gasteiger partial charge in [-0.2, -0.15) is 39.5 Å². The van der Waals surface area contributed by atoms with Crippen LogP contribution in [-0.4, -0.2) is 23.9 Å². The predicted molar refractivity (Wildman–Crippen MR) is 56.0 cm³/mol. The minimum atomic E-state index is -6.66. The van der Waals surface area contributed by atoms with Crippen molar-refractivity contribution in [1.29, 1.82) is 0 Å². The first kappa shape index (κ1) is 19.0. The fraction of sp³-hybridized carbons (Fsp3) is 0.364. The highest BCUT2D eigenvalue weighted by molar-refractivity contribution is 5.98. The lowest BCUT2D eigenvalue weighted by Gasteiger charge is -2.28. The van der Waals surface area contributed by atoms with Crippen LogP contribution in [0.15, 0.2) is 24.3 Å². The minimum Gasteiger partial charge on any atom is -0.323 e. The lowest BCUT2D eigenvalue weighted by molar-refractivity contribution is -0.324. The van der Waals surface area contributed by atoms with Gasteiger partial charge >= 0.3 is 24.2 Å². The first-order valence-electron chi connectivity index (χ1n) is 5.42. The van der Waals surface area contributed by atoms with Gasteiger partial charge in [0.15, 0.2) is 0 Å². The number of hydrogen-bond donors (Lipinski definition) is 1. The van der Waals surface area contributed by atoms with Crippen LogP contribution in [0, 0.1) is 0 Å². The van der Waals surface area contributed by atoms with Crippen molar-refractivity contribution in [2.75, 3.05) is 5.32 Å². The molecule has 0 aliphatic rings. The quantitative estimate of drug-likeness (QED) is 0.778. The summed E-state index contributed by atoms with van der Waals surface area (Å²) in [5, 5.41) is 0.854. The van der Waals surface area contributed by atoms with E-state index in [2.05, 4.69) is 0 Å². The van der Waals surface area contributed by atoms with Crippen molar-refractivity contribution in [2.45, 2.75) is 24.2 Å². The van der Waals surface area contributed by atoms with Gasteiger partial charge in [-0.15, -0.1) is 0 Å². The summed E-state index contributed by atoms with van der Waals surface area (Å²) < 4.78 is 124. The molecule has 12 heteroatoms. The number of benzene rings is 1. The fourth-order valence-corrected chi connectivity index (χ4v) is 1.41. The number of halogens is 10. The standard InChI is InChI=1S/C11H5F10NO/c12-8(10(16,17)18,11(19,20)21)7(23)22-6-3-1-2-5(4-6)9(13,14)15/h1-4H,(H,22,23). The van der Waals surface area contributed by atoms with Gasteiger partial charge in [0.05, 0.1) is 5.56 Å². The molecule has 0 heterocycles. The maximum atomic E-state index is 13.3. The Kier molecular flexibility index (Phi) is 4.61. The summed E-state index contributed by atoms with van der Waals surface area (Å²) in [7, 11) is 0. The Morgan fingerprint density at radius 2 is 1.30 bits per heavy atom. The maximum Gasteiger partial charge on any atom is 0.441 e. The number of anilines is 1. The summed E-state index contributed by atoms with van der Waals surface area (Å²) in [6.45, 7) is 0. The van der Waals surface area contributed by atoms with Crippen molar-refractivity contribution >= 4 is 11.6 Å². The Bertz CT molecular complexity index is 572. The molecule has 1 aromatic carbocycles. The van der Waals surface area contributed by atoms with E-state index in [1.165, 1.54) is 0 Å². The molecule has 0 atom stereocenters.